The molecule has 19 heavy (non-hydrogen) atoms. The average Bonchev–Trinajstić information content (AvgIpc) is 2.68. The Bertz CT molecular complexity index is 512. The number of hydrogen-bond acceptors (Lipinski definition) is 3. The summed E-state index contributed by atoms with van der Waals surface area (Å²) in [4.78, 5) is 4.82. The lowest BCUT2D eigenvalue weighted by Gasteiger charge is -2.02. The van der Waals surface area contributed by atoms with Crippen LogP contribution in [0.4, 0.5) is 13.2 Å². The molecule has 0 saturated carbocycles. The van der Waals surface area contributed by atoms with Crippen molar-refractivity contribution in [2.24, 2.45) is 0 Å². The fraction of sp³-hybridized carbons (Fsp3) is 0.308. The van der Waals surface area contributed by atoms with E-state index in [0.29, 0.717) is 11.8 Å². The van der Waals surface area contributed by atoms with Crippen LogP contribution in [0, 0.1) is 0 Å². The summed E-state index contributed by atoms with van der Waals surface area (Å²) in [7, 11) is 0. The predicted octanol–water partition coefficient (Wildman–Crippen LogP) is 5.06. The molecule has 0 aliphatic rings. The van der Waals surface area contributed by atoms with E-state index in [9.17, 15) is 13.2 Å². The molecule has 1 rings (SSSR count). The molecule has 2 nitrogen and oxygen atoms in total. The molecule has 0 aliphatic carbocycles. The summed E-state index contributed by atoms with van der Waals surface area (Å²) >= 11 is 1.10. The first-order valence-electron chi connectivity index (χ1n) is 5.66. The Morgan fingerprint density at radius 3 is 2.58 bits per heavy atom. The molecule has 0 spiro atoms. The van der Waals surface area contributed by atoms with Gasteiger partial charge in [0, 0.05) is 6.08 Å². The maximum absolute atomic E-state index is 12.2. The second-order valence-corrected chi connectivity index (χ2v) is 4.70. The zero-order valence-electron chi connectivity index (χ0n) is 10.5. The molecule has 0 atom stereocenters. The maximum Gasteiger partial charge on any atom is 0.448 e. The number of allylic oxidation sites excluding steroid dienone is 3. The van der Waals surface area contributed by atoms with Gasteiger partial charge in [0.15, 0.2) is 0 Å². The van der Waals surface area contributed by atoms with Gasteiger partial charge in [0.25, 0.3) is 0 Å². The average molecular weight is 289 g/mol. The van der Waals surface area contributed by atoms with E-state index in [1.165, 1.54) is 0 Å². The highest BCUT2D eigenvalue weighted by atomic mass is 32.1. The molecule has 1 aromatic rings. The van der Waals surface area contributed by atoms with E-state index in [1.807, 2.05) is 19.1 Å². The third-order valence-corrected chi connectivity index (χ3v) is 3.06. The Labute approximate surface area is 113 Å². The summed E-state index contributed by atoms with van der Waals surface area (Å²) in [5.41, 5.74) is 0.596. The van der Waals surface area contributed by atoms with Crippen LogP contribution in [0.3, 0.4) is 0 Å². The molecule has 0 aromatic carbocycles. The van der Waals surface area contributed by atoms with Crippen LogP contribution in [-0.2, 0) is 0 Å². The van der Waals surface area contributed by atoms with Crippen LogP contribution >= 0.6 is 11.3 Å². The van der Waals surface area contributed by atoms with E-state index >= 15 is 0 Å². The summed E-state index contributed by atoms with van der Waals surface area (Å²) in [6.45, 7) is 3.76. The van der Waals surface area contributed by atoms with Gasteiger partial charge in [-0.2, -0.15) is 13.2 Å². The van der Waals surface area contributed by atoms with Gasteiger partial charge in [-0.1, -0.05) is 19.1 Å². The Hall–Kier alpha value is -1.56. The number of nitrogens with zero attached hydrogens (tertiary/aromatic N) is 1. The van der Waals surface area contributed by atoms with Gasteiger partial charge in [-0.3, -0.25) is 0 Å². The summed E-state index contributed by atoms with van der Waals surface area (Å²) in [6, 6.07) is 0. The molecule has 1 heterocycles. The lowest BCUT2D eigenvalue weighted by atomic mass is 10.3. The lowest BCUT2D eigenvalue weighted by Crippen LogP contribution is -2.10. The summed E-state index contributed by atoms with van der Waals surface area (Å²) in [6.07, 6.45) is 3.91. The molecule has 6 heteroatoms. The molecule has 0 amide bonds. The van der Waals surface area contributed by atoms with Crippen LogP contribution < -0.4 is 0 Å². The molecule has 0 saturated heterocycles. The number of aliphatic hydroxyl groups is 1. The number of thiazole rings is 1. The van der Waals surface area contributed by atoms with Gasteiger partial charge in [0.2, 0.25) is 5.76 Å². The Morgan fingerprint density at radius 2 is 2.05 bits per heavy atom. The van der Waals surface area contributed by atoms with Gasteiger partial charge in [-0.15, -0.1) is 11.3 Å². The van der Waals surface area contributed by atoms with E-state index in [0.717, 1.165) is 22.6 Å². The molecule has 0 fully saturated rings. The minimum atomic E-state index is -4.74. The smallest absolute Gasteiger partial charge is 0.448 e. The summed E-state index contributed by atoms with van der Waals surface area (Å²) in [5.74, 6) is -1.64. The van der Waals surface area contributed by atoms with Crippen molar-refractivity contribution in [3.63, 3.8) is 0 Å². The Kier molecular flexibility index (Phi) is 5.35. The SMILES string of the molecule is C/C=C\c1nc(C=C(O)C(F)(F)F)sc1/C=C/CC. The molecule has 0 aliphatic heterocycles. The fourth-order valence-electron chi connectivity index (χ4n) is 1.24. The minimum Gasteiger partial charge on any atom is -0.504 e. The van der Waals surface area contributed by atoms with Gasteiger partial charge in [-0.05, 0) is 25.5 Å². The summed E-state index contributed by atoms with van der Waals surface area (Å²) in [5, 5.41) is 9.04. The molecule has 0 radical (unpaired) electrons. The number of aromatic nitrogens is 1. The first-order valence-corrected chi connectivity index (χ1v) is 6.48. The first-order chi connectivity index (χ1) is 8.88. The number of rotatable bonds is 4. The molecular weight excluding hydrogens is 275 g/mol. The lowest BCUT2D eigenvalue weighted by molar-refractivity contribution is -0.119. The van der Waals surface area contributed by atoms with Crippen molar-refractivity contribution in [2.45, 2.75) is 26.4 Å². The molecule has 0 unspecified atom stereocenters. The van der Waals surface area contributed by atoms with Crippen molar-refractivity contribution in [1.29, 1.82) is 0 Å². The third-order valence-electron chi connectivity index (χ3n) is 2.08. The van der Waals surface area contributed by atoms with Crippen molar-refractivity contribution >= 4 is 29.6 Å². The highest BCUT2D eigenvalue weighted by molar-refractivity contribution is 7.13. The molecule has 104 valence electrons. The van der Waals surface area contributed by atoms with Crippen molar-refractivity contribution in [3.05, 3.63) is 33.5 Å². The largest absolute Gasteiger partial charge is 0.504 e. The number of halogens is 3. The molecule has 1 aromatic heterocycles. The predicted molar refractivity (Wildman–Crippen MR) is 72.8 cm³/mol. The third kappa shape index (κ3) is 4.55. The topological polar surface area (TPSA) is 33.1 Å². The zero-order valence-corrected chi connectivity index (χ0v) is 11.3. The number of alkyl halides is 3. The van der Waals surface area contributed by atoms with E-state index in [1.54, 1.807) is 19.1 Å². The van der Waals surface area contributed by atoms with E-state index in [-0.39, 0.29) is 5.01 Å². The van der Waals surface area contributed by atoms with Crippen LogP contribution in [0.1, 0.15) is 35.8 Å². The van der Waals surface area contributed by atoms with Gasteiger partial charge >= 0.3 is 6.18 Å². The van der Waals surface area contributed by atoms with Crippen molar-refractivity contribution in [1.82, 2.24) is 4.98 Å². The van der Waals surface area contributed by atoms with Crippen LogP contribution in [0.25, 0.3) is 18.2 Å². The van der Waals surface area contributed by atoms with Crippen molar-refractivity contribution in [3.8, 4) is 0 Å². The Balaban J connectivity index is 3.14. The zero-order chi connectivity index (χ0) is 14.5. The highest BCUT2D eigenvalue weighted by Crippen LogP contribution is 2.28. The number of aliphatic hydroxyl groups excluding tert-OH is 1. The first kappa shape index (κ1) is 15.5. The second kappa shape index (κ2) is 6.56. The normalized spacial score (nSPS) is 13.8. The quantitative estimate of drug-likeness (QED) is 0.786. The van der Waals surface area contributed by atoms with E-state index in [2.05, 4.69) is 4.98 Å². The van der Waals surface area contributed by atoms with Crippen LogP contribution in [-0.4, -0.2) is 16.3 Å². The van der Waals surface area contributed by atoms with Crippen molar-refractivity contribution < 1.29 is 18.3 Å². The highest BCUT2D eigenvalue weighted by Gasteiger charge is 2.34. The standard InChI is InChI=1S/C13H14F3NOS/c1-3-5-7-10-9(6-4-2)17-12(19-10)8-11(18)13(14,15)16/h4-8,18H,3H2,1-2H3/b6-4-,7-5+,11-8?. The van der Waals surface area contributed by atoms with Crippen LogP contribution in [0.5, 0.6) is 0 Å². The fourth-order valence-corrected chi connectivity index (χ4v) is 2.17. The van der Waals surface area contributed by atoms with Crippen LogP contribution in [0.15, 0.2) is 17.9 Å². The van der Waals surface area contributed by atoms with Gasteiger partial charge in [-0.25, -0.2) is 4.98 Å². The van der Waals surface area contributed by atoms with Gasteiger partial charge < -0.3 is 5.11 Å². The molecular formula is C13H14F3NOS. The maximum atomic E-state index is 12.2. The molecule has 0 bridgehead atoms. The van der Waals surface area contributed by atoms with Crippen molar-refractivity contribution in [2.75, 3.05) is 0 Å². The van der Waals surface area contributed by atoms with E-state index in [4.69, 9.17) is 5.11 Å². The minimum absolute atomic E-state index is 0.124. The molecule has 1 N–H and O–H groups in total. The number of hydrogen-bond donors (Lipinski definition) is 1. The Morgan fingerprint density at radius 1 is 1.37 bits per heavy atom. The monoisotopic (exact) mass is 289 g/mol. The summed E-state index contributed by atoms with van der Waals surface area (Å²) < 4.78 is 36.7. The van der Waals surface area contributed by atoms with Gasteiger partial charge in [0.1, 0.15) is 5.01 Å². The van der Waals surface area contributed by atoms with Gasteiger partial charge in [0.05, 0.1) is 10.6 Å². The van der Waals surface area contributed by atoms with Crippen LogP contribution in [0.2, 0.25) is 0 Å². The second-order valence-electron chi connectivity index (χ2n) is 3.64. The van der Waals surface area contributed by atoms with E-state index < -0.39 is 11.9 Å².